The van der Waals surface area contributed by atoms with Crippen molar-refractivity contribution in [3.05, 3.63) is 0 Å². The van der Waals surface area contributed by atoms with Crippen LogP contribution in [0.3, 0.4) is 0 Å². The van der Waals surface area contributed by atoms with E-state index in [9.17, 15) is 14.4 Å². The molecule has 104 valence electrons. The third-order valence-electron chi connectivity index (χ3n) is 2.50. The molecule has 3 N–H and O–H groups in total. The summed E-state index contributed by atoms with van der Waals surface area (Å²) in [5.41, 5.74) is 0. The summed E-state index contributed by atoms with van der Waals surface area (Å²) in [4.78, 5) is 32.7. The molecule has 0 saturated heterocycles. The van der Waals surface area contributed by atoms with Crippen LogP contribution in [0.2, 0.25) is 0 Å². The predicted molar refractivity (Wildman–Crippen MR) is 67.0 cm³/mol. The fourth-order valence-electron chi connectivity index (χ4n) is 1.46. The number of rotatable bonds is 9. The summed E-state index contributed by atoms with van der Waals surface area (Å²) in [5, 5.41) is 13.9. The second-order valence-corrected chi connectivity index (χ2v) is 4.16. The molecule has 0 bridgehead atoms. The molecule has 2 amide bonds. The molecule has 0 aromatic carbocycles. The van der Waals surface area contributed by atoms with Gasteiger partial charge in [0.1, 0.15) is 6.04 Å². The maximum Gasteiger partial charge on any atom is 0.326 e. The van der Waals surface area contributed by atoms with Gasteiger partial charge in [0.2, 0.25) is 11.8 Å². The molecule has 0 aromatic rings. The van der Waals surface area contributed by atoms with Gasteiger partial charge in [0.25, 0.3) is 0 Å². The Morgan fingerprint density at radius 3 is 2.33 bits per heavy atom. The Morgan fingerprint density at radius 2 is 1.83 bits per heavy atom. The van der Waals surface area contributed by atoms with Gasteiger partial charge in [-0.15, -0.1) is 0 Å². The summed E-state index contributed by atoms with van der Waals surface area (Å²) >= 11 is 0. The summed E-state index contributed by atoms with van der Waals surface area (Å²) in [6.45, 7) is 3.79. The molecule has 18 heavy (non-hydrogen) atoms. The highest BCUT2D eigenvalue weighted by molar-refractivity contribution is 5.83. The quantitative estimate of drug-likeness (QED) is 0.529. The lowest BCUT2D eigenvalue weighted by Crippen LogP contribution is -2.40. The van der Waals surface area contributed by atoms with Crippen LogP contribution in [0.15, 0.2) is 0 Å². The van der Waals surface area contributed by atoms with Crippen LogP contribution in [-0.2, 0) is 14.4 Å². The highest BCUT2D eigenvalue weighted by Gasteiger charge is 2.16. The van der Waals surface area contributed by atoms with Gasteiger partial charge in [-0.05, 0) is 19.3 Å². The molecule has 6 nitrogen and oxygen atoms in total. The van der Waals surface area contributed by atoms with Crippen molar-refractivity contribution < 1.29 is 19.5 Å². The number of carboxylic acids is 1. The number of carboxylic acid groups (broad SMARTS) is 1. The van der Waals surface area contributed by atoms with E-state index in [1.165, 1.54) is 6.92 Å². The molecule has 0 aliphatic carbocycles. The van der Waals surface area contributed by atoms with Crippen molar-refractivity contribution >= 4 is 17.8 Å². The van der Waals surface area contributed by atoms with E-state index >= 15 is 0 Å². The van der Waals surface area contributed by atoms with Gasteiger partial charge in [0.15, 0.2) is 0 Å². The molecule has 0 radical (unpaired) electrons. The number of amides is 2. The van der Waals surface area contributed by atoms with Crippen LogP contribution < -0.4 is 10.6 Å². The second kappa shape index (κ2) is 9.44. The van der Waals surface area contributed by atoms with Crippen LogP contribution in [0.5, 0.6) is 0 Å². The van der Waals surface area contributed by atoms with E-state index in [-0.39, 0.29) is 11.8 Å². The van der Waals surface area contributed by atoms with Crippen molar-refractivity contribution in [3.8, 4) is 0 Å². The monoisotopic (exact) mass is 258 g/mol. The van der Waals surface area contributed by atoms with Gasteiger partial charge in [-0.2, -0.15) is 0 Å². The first-order chi connectivity index (χ1) is 8.47. The maximum absolute atomic E-state index is 11.4. The zero-order valence-corrected chi connectivity index (χ0v) is 11.0. The zero-order chi connectivity index (χ0) is 14.0. The standard InChI is InChI=1S/C12H22N2O4/c1-3-10(12(17)18)14-11(16)7-5-4-6-8-13-9(2)15/h10H,3-8H2,1-2H3,(H,13,15)(H,14,16)(H,17,18). The summed E-state index contributed by atoms with van der Waals surface area (Å²) in [6, 6.07) is -0.795. The van der Waals surface area contributed by atoms with Crippen molar-refractivity contribution in [2.75, 3.05) is 6.54 Å². The predicted octanol–water partition coefficient (Wildman–Crippen LogP) is 0.662. The van der Waals surface area contributed by atoms with Crippen LogP contribution in [-0.4, -0.2) is 35.5 Å². The highest BCUT2D eigenvalue weighted by Crippen LogP contribution is 2.00. The summed E-state index contributed by atoms with van der Waals surface area (Å²) in [7, 11) is 0. The minimum atomic E-state index is -1.00. The lowest BCUT2D eigenvalue weighted by atomic mass is 10.1. The van der Waals surface area contributed by atoms with Crippen molar-refractivity contribution in [2.45, 2.75) is 52.0 Å². The zero-order valence-electron chi connectivity index (χ0n) is 11.0. The Bertz CT molecular complexity index is 292. The Hall–Kier alpha value is -1.59. The number of carbonyl (C=O) groups excluding carboxylic acids is 2. The Kier molecular flexibility index (Phi) is 8.61. The molecule has 0 aromatic heterocycles. The summed E-state index contributed by atoms with van der Waals surface area (Å²) < 4.78 is 0. The van der Waals surface area contributed by atoms with Gasteiger partial charge in [-0.25, -0.2) is 4.79 Å². The first-order valence-corrected chi connectivity index (χ1v) is 6.24. The van der Waals surface area contributed by atoms with E-state index < -0.39 is 12.0 Å². The maximum atomic E-state index is 11.4. The van der Waals surface area contributed by atoms with Gasteiger partial charge >= 0.3 is 5.97 Å². The third-order valence-corrected chi connectivity index (χ3v) is 2.50. The summed E-state index contributed by atoms with van der Waals surface area (Å²) in [6.07, 6.45) is 3.05. The van der Waals surface area contributed by atoms with E-state index in [0.29, 0.717) is 25.8 Å². The van der Waals surface area contributed by atoms with Crippen LogP contribution in [0, 0.1) is 0 Å². The van der Waals surface area contributed by atoms with Crippen LogP contribution in [0.1, 0.15) is 46.0 Å². The first kappa shape index (κ1) is 16.4. The van der Waals surface area contributed by atoms with E-state index in [1.807, 2.05) is 0 Å². The number of unbranched alkanes of at least 4 members (excludes halogenated alkanes) is 2. The van der Waals surface area contributed by atoms with Crippen LogP contribution in [0.25, 0.3) is 0 Å². The molecular formula is C12H22N2O4. The van der Waals surface area contributed by atoms with E-state index in [4.69, 9.17) is 5.11 Å². The normalized spacial score (nSPS) is 11.7. The van der Waals surface area contributed by atoms with Gasteiger partial charge < -0.3 is 15.7 Å². The van der Waals surface area contributed by atoms with E-state index in [0.717, 1.165) is 12.8 Å². The SMILES string of the molecule is CCC(NC(=O)CCCCCNC(C)=O)C(=O)O. The lowest BCUT2D eigenvalue weighted by molar-refractivity contribution is -0.141. The minimum Gasteiger partial charge on any atom is -0.480 e. The van der Waals surface area contributed by atoms with Gasteiger partial charge in [-0.1, -0.05) is 13.3 Å². The number of nitrogens with one attached hydrogen (secondary N) is 2. The molecule has 6 heteroatoms. The fraction of sp³-hybridized carbons (Fsp3) is 0.750. The van der Waals surface area contributed by atoms with E-state index in [1.54, 1.807) is 6.92 Å². The number of hydrogen-bond donors (Lipinski definition) is 3. The fourth-order valence-corrected chi connectivity index (χ4v) is 1.46. The Morgan fingerprint density at radius 1 is 1.17 bits per heavy atom. The smallest absolute Gasteiger partial charge is 0.326 e. The largest absolute Gasteiger partial charge is 0.480 e. The van der Waals surface area contributed by atoms with Gasteiger partial charge in [0.05, 0.1) is 0 Å². The Labute approximate surface area is 107 Å². The second-order valence-electron chi connectivity index (χ2n) is 4.16. The van der Waals surface area contributed by atoms with Crippen molar-refractivity contribution in [2.24, 2.45) is 0 Å². The van der Waals surface area contributed by atoms with Crippen molar-refractivity contribution in [1.29, 1.82) is 0 Å². The Balaban J connectivity index is 3.59. The molecule has 0 aliphatic heterocycles. The first-order valence-electron chi connectivity index (χ1n) is 6.24. The topological polar surface area (TPSA) is 95.5 Å². The van der Waals surface area contributed by atoms with Gasteiger partial charge in [-0.3, -0.25) is 9.59 Å². The highest BCUT2D eigenvalue weighted by atomic mass is 16.4. The molecule has 1 unspecified atom stereocenters. The molecule has 0 rings (SSSR count). The molecule has 1 atom stereocenters. The van der Waals surface area contributed by atoms with E-state index in [2.05, 4.69) is 10.6 Å². The average Bonchev–Trinajstić information content (AvgIpc) is 2.29. The molecule has 0 aliphatic rings. The molecule has 0 saturated carbocycles. The molecule has 0 heterocycles. The van der Waals surface area contributed by atoms with Crippen LogP contribution in [0.4, 0.5) is 0 Å². The number of hydrogen-bond acceptors (Lipinski definition) is 3. The average molecular weight is 258 g/mol. The van der Waals surface area contributed by atoms with Crippen LogP contribution >= 0.6 is 0 Å². The number of aliphatic carboxylic acids is 1. The molecular weight excluding hydrogens is 236 g/mol. The molecule has 0 fully saturated rings. The van der Waals surface area contributed by atoms with Crippen molar-refractivity contribution in [1.82, 2.24) is 10.6 Å². The lowest BCUT2D eigenvalue weighted by Gasteiger charge is -2.11. The van der Waals surface area contributed by atoms with Gasteiger partial charge in [0, 0.05) is 19.9 Å². The summed E-state index contributed by atoms with van der Waals surface area (Å²) in [5.74, 6) is -1.29. The third kappa shape index (κ3) is 8.55. The number of carbonyl (C=O) groups is 3. The molecule has 0 spiro atoms. The van der Waals surface area contributed by atoms with Crippen molar-refractivity contribution in [3.63, 3.8) is 0 Å². The minimum absolute atomic E-state index is 0.0556.